The maximum atomic E-state index is 12.4. The number of carbonyl (C=O) groups excluding carboxylic acids is 3. The van der Waals surface area contributed by atoms with Crippen molar-refractivity contribution >= 4 is 23.6 Å². The third kappa shape index (κ3) is 2.90. The van der Waals surface area contributed by atoms with Crippen molar-refractivity contribution < 1.29 is 24.3 Å². The van der Waals surface area contributed by atoms with Gasteiger partial charge in [0.2, 0.25) is 0 Å². The number of fused-ring (bicyclic) bond motifs is 1. The summed E-state index contributed by atoms with van der Waals surface area (Å²) in [5.41, 5.74) is 0.508. The van der Waals surface area contributed by atoms with E-state index in [-0.39, 0.29) is 23.5 Å². The number of amides is 2. The van der Waals surface area contributed by atoms with E-state index in [1.807, 2.05) is 13.8 Å². The number of benzene rings is 1. The van der Waals surface area contributed by atoms with E-state index in [0.717, 1.165) is 4.90 Å². The molecule has 2 amide bonds. The molecular formula is C16H17NO5. The summed E-state index contributed by atoms with van der Waals surface area (Å²) in [4.78, 5) is 48.7. The zero-order valence-electron chi connectivity index (χ0n) is 12.4. The molecule has 0 spiro atoms. The second-order valence-corrected chi connectivity index (χ2v) is 5.71. The summed E-state index contributed by atoms with van der Waals surface area (Å²) in [5, 5.41) is 8.81. The number of hydrogen-bond acceptors (Lipinski definition) is 4. The van der Waals surface area contributed by atoms with Gasteiger partial charge in [-0.2, -0.15) is 0 Å². The molecule has 22 heavy (non-hydrogen) atoms. The van der Waals surface area contributed by atoms with Crippen LogP contribution in [0.5, 0.6) is 0 Å². The largest absolute Gasteiger partial charge is 0.481 e. The third-order valence-corrected chi connectivity index (χ3v) is 3.53. The van der Waals surface area contributed by atoms with Gasteiger partial charge in [0, 0.05) is 0 Å². The van der Waals surface area contributed by atoms with Crippen molar-refractivity contribution in [2.24, 2.45) is 5.92 Å². The van der Waals surface area contributed by atoms with Gasteiger partial charge in [0.05, 0.1) is 17.2 Å². The Hall–Kier alpha value is -2.50. The lowest BCUT2D eigenvalue weighted by Gasteiger charge is -2.26. The fraction of sp³-hybridized carbons (Fsp3) is 0.375. The summed E-state index contributed by atoms with van der Waals surface area (Å²) in [6.07, 6.45) is -0.456. The quantitative estimate of drug-likeness (QED) is 0.638. The van der Waals surface area contributed by atoms with Gasteiger partial charge in [-0.15, -0.1) is 0 Å². The molecule has 6 heteroatoms. The molecule has 1 aliphatic rings. The highest BCUT2D eigenvalue weighted by molar-refractivity contribution is 6.23. The Kier molecular flexibility index (Phi) is 4.40. The lowest BCUT2D eigenvalue weighted by atomic mass is 9.97. The lowest BCUT2D eigenvalue weighted by molar-refractivity contribution is -0.141. The summed E-state index contributed by atoms with van der Waals surface area (Å²) in [7, 11) is 0. The third-order valence-electron chi connectivity index (χ3n) is 3.53. The van der Waals surface area contributed by atoms with Crippen molar-refractivity contribution in [3.63, 3.8) is 0 Å². The number of carboxylic acids is 1. The van der Waals surface area contributed by atoms with Crippen molar-refractivity contribution in [1.29, 1.82) is 0 Å². The first-order chi connectivity index (χ1) is 10.3. The van der Waals surface area contributed by atoms with Crippen LogP contribution in [0, 0.1) is 5.92 Å². The van der Waals surface area contributed by atoms with Gasteiger partial charge in [0.25, 0.3) is 11.8 Å². The number of nitrogens with zero attached hydrogens (tertiary/aromatic N) is 1. The smallest absolute Gasteiger partial charge is 0.310 e. The van der Waals surface area contributed by atoms with Crippen molar-refractivity contribution in [3.05, 3.63) is 35.4 Å². The number of imide groups is 1. The number of carboxylic acid groups (broad SMARTS) is 1. The van der Waals surface area contributed by atoms with Crippen molar-refractivity contribution in [3.8, 4) is 0 Å². The zero-order valence-corrected chi connectivity index (χ0v) is 12.4. The Balaban J connectivity index is 2.37. The van der Waals surface area contributed by atoms with Gasteiger partial charge >= 0.3 is 5.97 Å². The van der Waals surface area contributed by atoms with Crippen LogP contribution in [0.1, 0.15) is 47.4 Å². The van der Waals surface area contributed by atoms with E-state index in [1.54, 1.807) is 12.1 Å². The molecule has 0 aromatic heterocycles. The highest BCUT2D eigenvalue weighted by Crippen LogP contribution is 2.27. The number of aliphatic carboxylic acids is 1. The van der Waals surface area contributed by atoms with E-state index in [2.05, 4.69) is 0 Å². The molecule has 1 atom stereocenters. The normalized spacial score (nSPS) is 15.1. The maximum Gasteiger partial charge on any atom is 0.310 e. The highest BCUT2D eigenvalue weighted by atomic mass is 16.4. The Bertz CT molecular complexity index is 615. The first kappa shape index (κ1) is 15.9. The average Bonchev–Trinajstić information content (AvgIpc) is 2.68. The molecule has 0 saturated carbocycles. The van der Waals surface area contributed by atoms with Gasteiger partial charge < -0.3 is 5.11 Å². The number of ketones is 1. The Labute approximate surface area is 127 Å². The van der Waals surface area contributed by atoms with E-state index in [9.17, 15) is 19.2 Å². The fourth-order valence-corrected chi connectivity index (χ4v) is 2.59. The predicted molar refractivity (Wildman–Crippen MR) is 77.4 cm³/mol. The molecule has 2 rings (SSSR count). The van der Waals surface area contributed by atoms with Gasteiger partial charge in [-0.1, -0.05) is 26.0 Å². The molecule has 0 saturated heterocycles. The van der Waals surface area contributed by atoms with Gasteiger partial charge in [-0.05, 0) is 24.5 Å². The van der Waals surface area contributed by atoms with Crippen LogP contribution in [0.15, 0.2) is 24.3 Å². The molecule has 1 N–H and O–H groups in total. The van der Waals surface area contributed by atoms with Crippen LogP contribution in [-0.4, -0.2) is 39.6 Å². The molecule has 1 unspecified atom stereocenters. The zero-order chi connectivity index (χ0) is 16.4. The summed E-state index contributed by atoms with van der Waals surface area (Å²) in [6.45, 7) is 3.69. The summed E-state index contributed by atoms with van der Waals surface area (Å²) >= 11 is 0. The van der Waals surface area contributed by atoms with Gasteiger partial charge in [-0.3, -0.25) is 24.1 Å². The lowest BCUT2D eigenvalue weighted by Crippen LogP contribution is -2.46. The number of hydrogen-bond donors (Lipinski definition) is 1. The Morgan fingerprint density at radius 1 is 1.09 bits per heavy atom. The maximum absolute atomic E-state index is 12.4. The minimum absolute atomic E-state index is 0.0343. The highest BCUT2D eigenvalue weighted by Gasteiger charge is 2.42. The SMILES string of the molecule is CC(C)CC(C(=O)CC(=O)O)N1C(=O)c2ccccc2C1=O. The van der Waals surface area contributed by atoms with E-state index >= 15 is 0 Å². The minimum Gasteiger partial charge on any atom is -0.481 e. The summed E-state index contributed by atoms with van der Waals surface area (Å²) < 4.78 is 0. The minimum atomic E-state index is -1.27. The molecule has 1 aliphatic heterocycles. The van der Waals surface area contributed by atoms with Crippen LogP contribution in [0.4, 0.5) is 0 Å². The number of Topliss-reactive ketones (excluding diaryl/α,β-unsaturated/α-hetero) is 1. The topological polar surface area (TPSA) is 91.8 Å². The van der Waals surface area contributed by atoms with Crippen LogP contribution in [0.3, 0.4) is 0 Å². The summed E-state index contributed by atoms with van der Waals surface area (Å²) in [6, 6.07) is 5.31. The number of carbonyl (C=O) groups is 4. The van der Waals surface area contributed by atoms with E-state index in [0.29, 0.717) is 0 Å². The second kappa shape index (κ2) is 6.09. The standard InChI is InChI=1S/C16H17NO5/c1-9(2)7-12(13(18)8-14(19)20)17-15(21)10-5-3-4-6-11(10)16(17)22/h3-6,9,12H,7-8H2,1-2H3,(H,19,20). The molecule has 0 fully saturated rings. The molecule has 1 aromatic carbocycles. The van der Waals surface area contributed by atoms with Crippen molar-refractivity contribution in [2.45, 2.75) is 32.7 Å². The van der Waals surface area contributed by atoms with E-state index in [4.69, 9.17) is 5.11 Å². The molecule has 116 valence electrons. The molecule has 0 aliphatic carbocycles. The van der Waals surface area contributed by atoms with Gasteiger partial charge in [0.15, 0.2) is 5.78 Å². The van der Waals surface area contributed by atoms with Crippen LogP contribution in [-0.2, 0) is 9.59 Å². The fourth-order valence-electron chi connectivity index (χ4n) is 2.59. The van der Waals surface area contributed by atoms with Crippen molar-refractivity contribution in [2.75, 3.05) is 0 Å². The van der Waals surface area contributed by atoms with E-state index < -0.39 is 36.0 Å². The van der Waals surface area contributed by atoms with Crippen LogP contribution in [0.2, 0.25) is 0 Å². The first-order valence-corrected chi connectivity index (χ1v) is 7.04. The molecular weight excluding hydrogens is 286 g/mol. The van der Waals surface area contributed by atoms with Crippen LogP contribution >= 0.6 is 0 Å². The molecule has 6 nitrogen and oxygen atoms in total. The molecule has 0 radical (unpaired) electrons. The van der Waals surface area contributed by atoms with Gasteiger partial charge in [0.1, 0.15) is 6.42 Å². The average molecular weight is 303 g/mol. The summed E-state index contributed by atoms with van der Waals surface area (Å²) in [5.74, 6) is -2.94. The van der Waals surface area contributed by atoms with Gasteiger partial charge in [-0.25, -0.2) is 0 Å². The molecule has 1 heterocycles. The van der Waals surface area contributed by atoms with Crippen LogP contribution in [0.25, 0.3) is 0 Å². The monoisotopic (exact) mass is 303 g/mol. The number of rotatable bonds is 6. The van der Waals surface area contributed by atoms with E-state index in [1.165, 1.54) is 12.1 Å². The Morgan fingerprint density at radius 2 is 1.59 bits per heavy atom. The van der Waals surface area contributed by atoms with Crippen molar-refractivity contribution in [1.82, 2.24) is 4.90 Å². The second-order valence-electron chi connectivity index (χ2n) is 5.71. The van der Waals surface area contributed by atoms with Crippen LogP contribution < -0.4 is 0 Å². The first-order valence-electron chi connectivity index (χ1n) is 7.04. The predicted octanol–water partition coefficient (Wildman–Crippen LogP) is 1.74. The molecule has 0 bridgehead atoms. The Morgan fingerprint density at radius 3 is 2.00 bits per heavy atom. The molecule has 1 aromatic rings.